The molecule has 0 aromatic heterocycles. The molecule has 1 N–H and O–H groups in total. The maximum Gasteiger partial charge on any atom is 0.316 e. The van der Waals surface area contributed by atoms with Gasteiger partial charge >= 0.3 is 11.9 Å². The number of carboxylic acids is 1. The van der Waals surface area contributed by atoms with Gasteiger partial charge in [-0.3, -0.25) is 9.59 Å². The second-order valence-electron chi connectivity index (χ2n) is 18.0. The minimum atomic E-state index is -1.20. The van der Waals surface area contributed by atoms with Crippen molar-refractivity contribution in [1.82, 2.24) is 0 Å². The molecule has 2 fully saturated rings. The van der Waals surface area contributed by atoms with Gasteiger partial charge in [0.2, 0.25) is 0 Å². The van der Waals surface area contributed by atoms with E-state index in [0.717, 1.165) is 62.1 Å². The monoisotopic (exact) mass is 648 g/mol. The van der Waals surface area contributed by atoms with Gasteiger partial charge in [-0.2, -0.15) is 0 Å². The summed E-state index contributed by atoms with van der Waals surface area (Å²) in [4.78, 5) is 25.3. The van der Waals surface area contributed by atoms with E-state index in [4.69, 9.17) is 4.74 Å². The van der Waals surface area contributed by atoms with Crippen LogP contribution in [-0.2, 0) is 36.0 Å². The lowest BCUT2D eigenvalue weighted by Gasteiger charge is -2.39. The molecule has 4 rings (SSSR count). The van der Waals surface area contributed by atoms with E-state index in [1.807, 2.05) is 12.1 Å². The van der Waals surface area contributed by atoms with Crippen molar-refractivity contribution in [3.8, 4) is 0 Å². The minimum Gasteiger partial charge on any atom is -0.481 e. The Kier molecular flexibility index (Phi) is 12.2. The van der Waals surface area contributed by atoms with E-state index >= 15 is 0 Å². The Hall–Kier alpha value is -2.40. The minimum absolute atomic E-state index is 0.00774. The van der Waals surface area contributed by atoms with Gasteiger partial charge in [-0.15, -0.1) is 0 Å². The van der Waals surface area contributed by atoms with Crippen LogP contribution in [0.15, 0.2) is 48.5 Å². The maximum absolute atomic E-state index is 13.3. The highest BCUT2D eigenvalue weighted by Crippen LogP contribution is 2.45. The van der Waals surface area contributed by atoms with Gasteiger partial charge in [0, 0.05) is 8.07 Å². The first kappa shape index (κ1) is 38.0. The molecule has 4 atom stereocenters. The summed E-state index contributed by atoms with van der Waals surface area (Å²) in [7, 11) is -1.20. The van der Waals surface area contributed by atoms with E-state index in [2.05, 4.69) is 111 Å². The van der Waals surface area contributed by atoms with Gasteiger partial charge in [-0.1, -0.05) is 149 Å². The highest BCUT2D eigenvalue weighted by atomic mass is 28.3. The highest BCUT2D eigenvalue weighted by Gasteiger charge is 2.45. The molecule has 0 bridgehead atoms. The topological polar surface area (TPSA) is 63.6 Å². The molecule has 2 aromatic carbocycles. The second-order valence-corrected chi connectivity index (χ2v) is 23.6. The van der Waals surface area contributed by atoms with Gasteiger partial charge in [0.05, 0.1) is 17.4 Å². The molecule has 0 spiro atoms. The van der Waals surface area contributed by atoms with Gasteiger partial charge in [0.15, 0.2) is 0 Å². The lowest BCUT2D eigenvalue weighted by molar-refractivity contribution is -0.152. The Morgan fingerprint density at radius 2 is 1.22 bits per heavy atom. The molecule has 0 aliphatic heterocycles. The van der Waals surface area contributed by atoms with Crippen LogP contribution in [0.25, 0.3) is 0 Å². The van der Waals surface area contributed by atoms with Gasteiger partial charge in [0.25, 0.3) is 0 Å². The van der Waals surface area contributed by atoms with Crippen molar-refractivity contribution in [2.24, 2.45) is 11.8 Å². The van der Waals surface area contributed by atoms with Crippen LogP contribution in [0.3, 0.4) is 0 Å². The van der Waals surface area contributed by atoms with Crippen molar-refractivity contribution in [2.45, 2.75) is 154 Å². The molecular weight excluding hydrogens is 585 g/mol. The predicted octanol–water partition coefficient (Wildman–Crippen LogP) is 10.8. The number of hydrogen-bond acceptors (Lipinski definition) is 3. The van der Waals surface area contributed by atoms with Gasteiger partial charge in [0.1, 0.15) is 0 Å². The van der Waals surface area contributed by atoms with Crippen LogP contribution in [0.5, 0.6) is 0 Å². The molecule has 2 aliphatic carbocycles. The van der Waals surface area contributed by atoms with Crippen molar-refractivity contribution < 1.29 is 19.4 Å². The summed E-state index contributed by atoms with van der Waals surface area (Å²) >= 11 is 0. The molecule has 2 aromatic rings. The van der Waals surface area contributed by atoms with Crippen LogP contribution in [0.2, 0.25) is 25.7 Å². The Morgan fingerprint density at radius 1 is 0.783 bits per heavy atom. The van der Waals surface area contributed by atoms with E-state index < -0.39 is 24.9 Å². The number of rotatable bonds is 7. The number of esters is 1. The van der Waals surface area contributed by atoms with E-state index in [9.17, 15) is 14.7 Å². The Balaban J connectivity index is 0.000000259. The second kappa shape index (κ2) is 14.8. The smallest absolute Gasteiger partial charge is 0.316 e. The van der Waals surface area contributed by atoms with Crippen molar-refractivity contribution >= 4 is 20.0 Å². The van der Waals surface area contributed by atoms with Crippen LogP contribution in [0, 0.1) is 11.8 Å². The van der Waals surface area contributed by atoms with Crippen LogP contribution in [0.1, 0.15) is 129 Å². The molecule has 0 heterocycles. The maximum atomic E-state index is 13.3. The fraction of sp³-hybridized carbons (Fsp3) is 0.659. The van der Waals surface area contributed by atoms with Crippen molar-refractivity contribution in [1.29, 1.82) is 0 Å². The van der Waals surface area contributed by atoms with Gasteiger partial charge in [-0.25, -0.2) is 0 Å². The molecule has 2 saturated carbocycles. The Bertz CT molecular complexity index is 1330. The van der Waals surface area contributed by atoms with Crippen LogP contribution in [-0.4, -0.2) is 31.7 Å². The quantitative estimate of drug-likeness (QED) is 0.240. The lowest BCUT2D eigenvalue weighted by Crippen LogP contribution is -2.42. The fourth-order valence-corrected chi connectivity index (χ4v) is 8.12. The number of aliphatic carboxylic acids is 1. The number of carboxylic acid groups (broad SMARTS) is 1. The molecule has 4 nitrogen and oxygen atoms in total. The summed E-state index contributed by atoms with van der Waals surface area (Å²) in [5.74, 6) is 0.396. The summed E-state index contributed by atoms with van der Waals surface area (Å²) in [6, 6.07) is 18.0. The standard InChI is InChI=1S/C23H38O2Si.C18H26O2/c1-18-10-9-13-23(17-18,21(24)25-14-15-26(5,6)7)20-12-8-11-19(16-20)22(2,3)4;1-13-7-6-10-18(12-13,16(19)20)15-9-5-8-14(11-15)17(2,3)4/h8,11-12,16,18H,9-10,13-15,17H2,1-7H3;5,8-9,11,13H,6-7,10,12H2,1-4H3,(H,19,20). The first-order valence-corrected chi connectivity index (χ1v) is 21.5. The lowest BCUT2D eigenvalue weighted by atomic mass is 9.65. The molecule has 0 saturated heterocycles. The van der Waals surface area contributed by atoms with Gasteiger partial charge in [-0.05, 0) is 76.6 Å². The summed E-state index contributed by atoms with van der Waals surface area (Å²) in [6.07, 6.45) is 7.81. The third-order valence-electron chi connectivity index (χ3n) is 10.4. The molecule has 4 unspecified atom stereocenters. The van der Waals surface area contributed by atoms with Gasteiger partial charge < -0.3 is 9.84 Å². The normalized spacial score (nSPS) is 25.6. The molecule has 5 heteroatoms. The van der Waals surface area contributed by atoms with E-state index in [1.165, 1.54) is 17.5 Å². The third kappa shape index (κ3) is 9.58. The molecule has 0 amide bonds. The molecule has 0 radical (unpaired) electrons. The SMILES string of the molecule is CC1CCCC(C(=O)O)(c2cccc(C(C)(C)C)c2)C1.CC1CCCC(C(=O)OCC[Si](C)(C)C)(c2cccc(C(C)(C)C)c2)C1. The first-order valence-electron chi connectivity index (χ1n) is 17.8. The molecule has 46 heavy (non-hydrogen) atoms. The number of benzene rings is 2. The Labute approximate surface area is 282 Å². The van der Waals surface area contributed by atoms with Crippen molar-refractivity contribution in [3.05, 3.63) is 70.8 Å². The highest BCUT2D eigenvalue weighted by molar-refractivity contribution is 6.76. The fourth-order valence-electron chi connectivity index (χ4n) is 7.40. The number of hydrogen-bond donors (Lipinski definition) is 1. The summed E-state index contributed by atoms with van der Waals surface area (Å²) < 4.78 is 5.88. The number of carbonyl (C=O) groups excluding carboxylic acids is 1. The summed E-state index contributed by atoms with van der Waals surface area (Å²) in [5.41, 5.74) is 3.65. The van der Waals surface area contributed by atoms with E-state index in [0.29, 0.717) is 18.4 Å². The summed E-state index contributed by atoms with van der Waals surface area (Å²) in [6.45, 7) is 25.2. The van der Waals surface area contributed by atoms with Crippen LogP contribution >= 0.6 is 0 Å². The average Bonchev–Trinajstić information content (AvgIpc) is 2.96. The number of ether oxygens (including phenoxy) is 1. The van der Waals surface area contributed by atoms with Crippen LogP contribution < -0.4 is 0 Å². The summed E-state index contributed by atoms with van der Waals surface area (Å²) in [5, 5.41) is 9.85. The molecule has 256 valence electrons. The third-order valence-corrected chi connectivity index (χ3v) is 12.1. The van der Waals surface area contributed by atoms with Crippen LogP contribution in [0.4, 0.5) is 0 Å². The van der Waals surface area contributed by atoms with Crippen molar-refractivity contribution in [2.75, 3.05) is 6.61 Å². The molecule has 2 aliphatic rings. The molecular formula is C41H64O4Si. The Morgan fingerprint density at radius 3 is 1.63 bits per heavy atom. The zero-order valence-corrected chi connectivity index (χ0v) is 32.0. The van der Waals surface area contributed by atoms with E-state index in [1.54, 1.807) is 0 Å². The van der Waals surface area contributed by atoms with E-state index in [-0.39, 0.29) is 16.8 Å². The zero-order chi connectivity index (χ0) is 34.6. The predicted molar refractivity (Wildman–Crippen MR) is 196 cm³/mol. The number of carbonyl (C=O) groups is 2. The van der Waals surface area contributed by atoms with Crippen molar-refractivity contribution in [3.63, 3.8) is 0 Å². The first-order chi connectivity index (χ1) is 21.2. The largest absolute Gasteiger partial charge is 0.481 e. The average molecular weight is 649 g/mol. The zero-order valence-electron chi connectivity index (χ0n) is 31.0.